The maximum Gasteiger partial charge on any atom is 0.230 e. The van der Waals surface area contributed by atoms with Crippen LogP contribution in [0.2, 0.25) is 0 Å². The fourth-order valence-corrected chi connectivity index (χ4v) is 1.48. The van der Waals surface area contributed by atoms with Crippen molar-refractivity contribution in [3.63, 3.8) is 0 Å². The monoisotopic (exact) mass is 254 g/mol. The summed E-state index contributed by atoms with van der Waals surface area (Å²) in [5.41, 5.74) is 5.82. The molecular weight excluding hydrogens is 239 g/mol. The van der Waals surface area contributed by atoms with Gasteiger partial charge in [-0.25, -0.2) is 4.39 Å². The molecule has 0 fully saturated rings. The number of rotatable bonds is 4. The minimum absolute atomic E-state index is 0.128. The molecule has 3 N–H and O–H groups in total. The van der Waals surface area contributed by atoms with Crippen molar-refractivity contribution in [2.24, 2.45) is 11.7 Å². The first-order valence-electron chi connectivity index (χ1n) is 5.27. The average Bonchev–Trinajstić information content (AvgIpc) is 2.28. The van der Waals surface area contributed by atoms with E-state index in [1.807, 2.05) is 0 Å². The van der Waals surface area contributed by atoms with Crippen LogP contribution in [0.3, 0.4) is 0 Å². The largest absolute Gasteiger partial charge is 0.393 e. The maximum absolute atomic E-state index is 13.4. The second-order valence-electron chi connectivity index (χ2n) is 3.88. The van der Waals surface area contributed by atoms with Crippen molar-refractivity contribution in [1.82, 2.24) is 5.32 Å². The lowest BCUT2D eigenvalue weighted by Gasteiger charge is -2.17. The number of hydrogen-bond donors (Lipinski definition) is 2. The van der Waals surface area contributed by atoms with Gasteiger partial charge in [0.05, 0.1) is 16.9 Å². The van der Waals surface area contributed by atoms with E-state index in [2.05, 4.69) is 5.32 Å². The van der Waals surface area contributed by atoms with Gasteiger partial charge in [0.15, 0.2) is 0 Å². The standard InChI is InChI=1S/C12H15FN2OS/c1-7(11(14)17)12(16)15-8(2)9-5-3-4-6-10(9)13/h3-8H,1-2H3,(H2,14,17)(H,15,16). The minimum atomic E-state index is -0.556. The Hall–Kier alpha value is -1.49. The number of thiocarbonyl (C=S) groups is 1. The van der Waals surface area contributed by atoms with Crippen LogP contribution in [-0.2, 0) is 4.79 Å². The second-order valence-corrected chi connectivity index (χ2v) is 4.35. The molecule has 0 spiro atoms. The van der Waals surface area contributed by atoms with Gasteiger partial charge >= 0.3 is 0 Å². The topological polar surface area (TPSA) is 55.1 Å². The molecule has 0 aliphatic rings. The van der Waals surface area contributed by atoms with Gasteiger partial charge in [-0.2, -0.15) is 0 Å². The van der Waals surface area contributed by atoms with Crippen molar-refractivity contribution in [3.05, 3.63) is 35.6 Å². The van der Waals surface area contributed by atoms with Crippen molar-refractivity contribution >= 4 is 23.1 Å². The third-order valence-corrected chi connectivity index (χ3v) is 2.90. The van der Waals surface area contributed by atoms with Gasteiger partial charge in [0.2, 0.25) is 5.91 Å². The molecule has 92 valence electrons. The summed E-state index contributed by atoms with van der Waals surface area (Å²) in [5.74, 6) is -1.20. The number of carbonyl (C=O) groups excluding carboxylic acids is 1. The molecule has 5 heteroatoms. The van der Waals surface area contributed by atoms with E-state index in [0.29, 0.717) is 5.56 Å². The molecule has 1 aromatic carbocycles. The van der Waals surface area contributed by atoms with Crippen LogP contribution in [-0.4, -0.2) is 10.9 Å². The van der Waals surface area contributed by atoms with Crippen LogP contribution >= 0.6 is 12.2 Å². The molecule has 17 heavy (non-hydrogen) atoms. The number of carbonyl (C=O) groups is 1. The normalized spacial score (nSPS) is 13.8. The Balaban J connectivity index is 2.73. The predicted molar refractivity (Wildman–Crippen MR) is 68.9 cm³/mol. The Labute approximate surface area is 105 Å². The van der Waals surface area contributed by atoms with Gasteiger partial charge in [-0.05, 0) is 19.9 Å². The Kier molecular flexibility index (Phi) is 4.57. The summed E-state index contributed by atoms with van der Waals surface area (Å²) in [5, 5.41) is 2.67. The molecule has 0 radical (unpaired) electrons. The Morgan fingerprint density at radius 2 is 2.00 bits per heavy atom. The molecule has 3 nitrogen and oxygen atoms in total. The van der Waals surface area contributed by atoms with E-state index in [-0.39, 0.29) is 16.7 Å². The number of amides is 1. The number of nitrogens with one attached hydrogen (secondary N) is 1. The first-order chi connectivity index (χ1) is 7.93. The summed E-state index contributed by atoms with van der Waals surface area (Å²) in [7, 11) is 0. The fourth-order valence-electron chi connectivity index (χ4n) is 1.37. The molecule has 1 amide bonds. The van der Waals surface area contributed by atoms with E-state index in [1.165, 1.54) is 6.07 Å². The molecule has 2 unspecified atom stereocenters. The molecule has 0 bridgehead atoms. The van der Waals surface area contributed by atoms with Crippen molar-refractivity contribution in [3.8, 4) is 0 Å². The molecule has 0 aromatic heterocycles. The number of halogens is 1. The van der Waals surface area contributed by atoms with Crippen LogP contribution in [0, 0.1) is 11.7 Å². The lowest BCUT2D eigenvalue weighted by molar-refractivity contribution is -0.123. The summed E-state index contributed by atoms with van der Waals surface area (Å²) in [4.78, 5) is 11.8. The lowest BCUT2D eigenvalue weighted by Crippen LogP contribution is -2.37. The number of hydrogen-bond acceptors (Lipinski definition) is 2. The average molecular weight is 254 g/mol. The highest BCUT2D eigenvalue weighted by Crippen LogP contribution is 2.16. The van der Waals surface area contributed by atoms with Gasteiger partial charge in [-0.3, -0.25) is 4.79 Å². The van der Waals surface area contributed by atoms with Crippen LogP contribution in [0.1, 0.15) is 25.5 Å². The smallest absolute Gasteiger partial charge is 0.230 e. The summed E-state index contributed by atoms with van der Waals surface area (Å²) >= 11 is 4.73. The molecule has 0 heterocycles. The van der Waals surface area contributed by atoms with E-state index in [1.54, 1.807) is 32.0 Å². The molecular formula is C12H15FN2OS. The van der Waals surface area contributed by atoms with Gasteiger partial charge < -0.3 is 11.1 Å². The zero-order valence-corrected chi connectivity index (χ0v) is 10.6. The Morgan fingerprint density at radius 3 is 2.53 bits per heavy atom. The molecule has 1 aromatic rings. The van der Waals surface area contributed by atoms with Crippen LogP contribution in [0.25, 0.3) is 0 Å². The summed E-state index contributed by atoms with van der Waals surface area (Å²) in [6.07, 6.45) is 0. The molecule has 2 atom stereocenters. The van der Waals surface area contributed by atoms with E-state index in [9.17, 15) is 9.18 Å². The highest BCUT2D eigenvalue weighted by atomic mass is 32.1. The van der Waals surface area contributed by atoms with E-state index in [0.717, 1.165) is 0 Å². The van der Waals surface area contributed by atoms with Gasteiger partial charge in [0, 0.05) is 5.56 Å². The van der Waals surface area contributed by atoms with Crippen molar-refractivity contribution in [1.29, 1.82) is 0 Å². The summed E-state index contributed by atoms with van der Waals surface area (Å²) < 4.78 is 13.4. The highest BCUT2D eigenvalue weighted by molar-refractivity contribution is 7.80. The van der Waals surface area contributed by atoms with Crippen LogP contribution in [0.4, 0.5) is 4.39 Å². The molecule has 1 rings (SSSR count). The van der Waals surface area contributed by atoms with E-state index in [4.69, 9.17) is 18.0 Å². The Bertz CT molecular complexity index is 436. The van der Waals surface area contributed by atoms with Crippen molar-refractivity contribution in [2.45, 2.75) is 19.9 Å². The van der Waals surface area contributed by atoms with Gasteiger partial charge in [0.25, 0.3) is 0 Å². The molecule has 0 saturated heterocycles. The third kappa shape index (κ3) is 3.49. The third-order valence-electron chi connectivity index (χ3n) is 2.55. The first kappa shape index (κ1) is 13.6. The van der Waals surface area contributed by atoms with E-state index < -0.39 is 12.0 Å². The fraction of sp³-hybridized carbons (Fsp3) is 0.333. The van der Waals surface area contributed by atoms with Crippen LogP contribution in [0.15, 0.2) is 24.3 Å². The number of benzene rings is 1. The zero-order valence-electron chi connectivity index (χ0n) is 9.74. The molecule has 0 saturated carbocycles. The molecule has 0 aliphatic heterocycles. The van der Waals surface area contributed by atoms with E-state index >= 15 is 0 Å². The Morgan fingerprint density at radius 1 is 1.41 bits per heavy atom. The second kappa shape index (κ2) is 5.72. The quantitative estimate of drug-likeness (QED) is 0.807. The van der Waals surface area contributed by atoms with Gasteiger partial charge in [-0.1, -0.05) is 30.4 Å². The van der Waals surface area contributed by atoms with Gasteiger partial charge in [0.1, 0.15) is 5.82 Å². The van der Waals surface area contributed by atoms with Crippen molar-refractivity contribution in [2.75, 3.05) is 0 Å². The first-order valence-corrected chi connectivity index (χ1v) is 5.68. The highest BCUT2D eigenvalue weighted by Gasteiger charge is 2.19. The van der Waals surface area contributed by atoms with Crippen molar-refractivity contribution < 1.29 is 9.18 Å². The lowest BCUT2D eigenvalue weighted by atomic mass is 10.1. The maximum atomic E-state index is 13.4. The van der Waals surface area contributed by atoms with Gasteiger partial charge in [-0.15, -0.1) is 0 Å². The summed E-state index contributed by atoms with van der Waals surface area (Å²) in [6.45, 7) is 3.33. The summed E-state index contributed by atoms with van der Waals surface area (Å²) in [6, 6.07) is 5.89. The predicted octanol–water partition coefficient (Wildman–Crippen LogP) is 1.93. The minimum Gasteiger partial charge on any atom is -0.393 e. The number of nitrogens with two attached hydrogens (primary N) is 1. The van der Waals surface area contributed by atoms with Crippen LogP contribution in [0.5, 0.6) is 0 Å². The molecule has 0 aliphatic carbocycles. The SMILES string of the molecule is CC(C(=O)NC(C)c1ccccc1F)C(N)=S. The van der Waals surface area contributed by atoms with Crippen LogP contribution < -0.4 is 11.1 Å². The zero-order chi connectivity index (χ0) is 13.0.